The molecule has 0 saturated carbocycles. The zero-order valence-electron chi connectivity index (χ0n) is 18.5. The van der Waals surface area contributed by atoms with Crippen LogP contribution in [0.15, 0.2) is 23.4 Å². The van der Waals surface area contributed by atoms with E-state index in [1.807, 2.05) is 0 Å². The van der Waals surface area contributed by atoms with Gasteiger partial charge in [-0.05, 0) is 44.5 Å². The lowest BCUT2D eigenvalue weighted by atomic mass is 10.1. The molecule has 0 bridgehead atoms. The van der Waals surface area contributed by atoms with Crippen LogP contribution < -0.4 is 20.7 Å². The van der Waals surface area contributed by atoms with Crippen molar-refractivity contribution in [2.45, 2.75) is 43.0 Å². The number of rotatable bonds is 8. The highest BCUT2D eigenvalue weighted by atomic mass is 35.5. The predicted molar refractivity (Wildman–Crippen MR) is 138 cm³/mol. The van der Waals surface area contributed by atoms with Crippen molar-refractivity contribution >= 4 is 68.1 Å². The minimum Gasteiger partial charge on any atom is -0.366 e. The summed E-state index contributed by atoms with van der Waals surface area (Å²) in [7, 11) is -3.56. The van der Waals surface area contributed by atoms with Gasteiger partial charge in [-0.1, -0.05) is 30.1 Å². The molecule has 13 heteroatoms. The van der Waals surface area contributed by atoms with Crippen LogP contribution in [-0.2, 0) is 14.8 Å². The van der Waals surface area contributed by atoms with E-state index in [9.17, 15) is 13.2 Å². The van der Waals surface area contributed by atoms with E-state index in [2.05, 4.69) is 30.6 Å². The molecule has 4 N–H and O–H groups in total. The first-order valence-electron chi connectivity index (χ1n) is 11.0. The van der Waals surface area contributed by atoms with Crippen LogP contribution in [0.1, 0.15) is 37.8 Å². The normalized spacial score (nSPS) is 18.4. The van der Waals surface area contributed by atoms with Crippen LogP contribution in [0.2, 0.25) is 10.0 Å². The second-order valence-corrected chi connectivity index (χ2v) is 11.8. The third-order valence-electron chi connectivity index (χ3n) is 5.63. The maximum Gasteiger partial charge on any atom is 0.234 e. The molecule has 0 radical (unpaired) electrons. The molecule has 1 aromatic carbocycles. The minimum absolute atomic E-state index is 0.0300. The van der Waals surface area contributed by atoms with Gasteiger partial charge >= 0.3 is 0 Å². The van der Waals surface area contributed by atoms with Crippen molar-refractivity contribution in [3.63, 3.8) is 0 Å². The number of anilines is 3. The number of amides is 1. The molecule has 1 aromatic heterocycles. The van der Waals surface area contributed by atoms with Gasteiger partial charge in [0.05, 0.1) is 43.7 Å². The Morgan fingerprint density at radius 3 is 2.74 bits per heavy atom. The molecule has 2 aliphatic heterocycles. The van der Waals surface area contributed by atoms with E-state index in [0.717, 1.165) is 36.6 Å². The molecule has 9 nitrogen and oxygen atoms in total. The van der Waals surface area contributed by atoms with Crippen molar-refractivity contribution in [1.29, 1.82) is 0 Å². The SMILES string of the molecule is CCCS(=O)(=O)Nc1ccc(Cl)c(NC(=O)C2CSc3c(NC4CCNCC4)ncnc32)c1Cl. The molecule has 0 aliphatic carbocycles. The Balaban J connectivity index is 1.53. The Labute approximate surface area is 213 Å². The summed E-state index contributed by atoms with van der Waals surface area (Å²) in [6.45, 7) is 3.68. The second-order valence-electron chi connectivity index (χ2n) is 8.16. The van der Waals surface area contributed by atoms with Gasteiger partial charge in [-0.2, -0.15) is 0 Å². The highest BCUT2D eigenvalue weighted by Crippen LogP contribution is 2.44. The number of nitrogens with one attached hydrogen (secondary N) is 4. The van der Waals surface area contributed by atoms with Crippen molar-refractivity contribution in [1.82, 2.24) is 15.3 Å². The van der Waals surface area contributed by atoms with Gasteiger partial charge < -0.3 is 16.0 Å². The number of halogens is 2. The Hall–Kier alpha value is -1.79. The average molecular weight is 546 g/mol. The van der Waals surface area contributed by atoms with E-state index >= 15 is 0 Å². The lowest BCUT2D eigenvalue weighted by Crippen LogP contribution is -2.35. The summed E-state index contributed by atoms with van der Waals surface area (Å²) in [4.78, 5) is 22.9. The van der Waals surface area contributed by atoms with Gasteiger partial charge in [0.2, 0.25) is 15.9 Å². The van der Waals surface area contributed by atoms with E-state index in [1.165, 1.54) is 30.2 Å². The standard InChI is InChI=1S/C21H26Cl2N6O3S2/c1-2-9-34(31,32)29-15-4-3-14(22)18(16(15)23)28-21(30)13-10-33-19-17(13)25-11-26-20(19)27-12-5-7-24-8-6-12/h3-4,11-13,24,29H,2,5-10H2,1H3,(H,28,30)(H,25,26,27). The molecule has 0 spiro atoms. The molecule has 1 saturated heterocycles. The van der Waals surface area contributed by atoms with Gasteiger partial charge in [-0.3, -0.25) is 9.52 Å². The summed E-state index contributed by atoms with van der Waals surface area (Å²) in [5.74, 6) is 0.357. The van der Waals surface area contributed by atoms with Crippen molar-refractivity contribution in [2.75, 3.05) is 40.0 Å². The zero-order valence-corrected chi connectivity index (χ0v) is 21.7. The number of hydrogen-bond acceptors (Lipinski definition) is 8. The maximum absolute atomic E-state index is 13.2. The second kappa shape index (κ2) is 10.9. The monoisotopic (exact) mass is 544 g/mol. The molecule has 1 unspecified atom stereocenters. The first-order valence-corrected chi connectivity index (χ1v) is 14.4. The Morgan fingerprint density at radius 2 is 2.00 bits per heavy atom. The molecule has 184 valence electrons. The number of fused-ring (bicyclic) bond motifs is 1. The third kappa shape index (κ3) is 5.71. The first kappa shape index (κ1) is 25.3. The molecule has 34 heavy (non-hydrogen) atoms. The number of piperidine rings is 1. The fourth-order valence-corrected chi connectivity index (χ4v) is 6.88. The molecule has 3 heterocycles. The van der Waals surface area contributed by atoms with Crippen LogP contribution in [0.5, 0.6) is 0 Å². The van der Waals surface area contributed by atoms with Gasteiger partial charge in [0, 0.05) is 11.8 Å². The topological polar surface area (TPSA) is 125 Å². The predicted octanol–water partition coefficient (Wildman–Crippen LogP) is 3.93. The summed E-state index contributed by atoms with van der Waals surface area (Å²) in [5.41, 5.74) is 0.971. The van der Waals surface area contributed by atoms with Crippen molar-refractivity contribution < 1.29 is 13.2 Å². The number of hydrogen-bond donors (Lipinski definition) is 4. The number of sulfonamides is 1. The quantitative estimate of drug-likeness (QED) is 0.394. The number of aromatic nitrogens is 2. The Kier molecular flexibility index (Phi) is 8.08. The highest BCUT2D eigenvalue weighted by Gasteiger charge is 2.34. The molecule has 2 aliphatic rings. The van der Waals surface area contributed by atoms with Crippen LogP contribution in [0.3, 0.4) is 0 Å². The van der Waals surface area contributed by atoms with Crippen LogP contribution >= 0.6 is 35.0 Å². The van der Waals surface area contributed by atoms with Gasteiger partial charge in [0.15, 0.2) is 0 Å². The molecular weight excluding hydrogens is 519 g/mol. The number of carbonyl (C=O) groups is 1. The third-order valence-corrected chi connectivity index (χ3v) is 9.01. The minimum atomic E-state index is -3.56. The molecule has 2 aromatic rings. The number of thioether (sulfide) groups is 1. The van der Waals surface area contributed by atoms with Crippen LogP contribution in [0.4, 0.5) is 17.2 Å². The fraction of sp³-hybridized carbons (Fsp3) is 0.476. The number of carbonyl (C=O) groups excluding carboxylic acids is 1. The lowest BCUT2D eigenvalue weighted by molar-refractivity contribution is -0.117. The summed E-state index contributed by atoms with van der Waals surface area (Å²) < 4.78 is 26.8. The first-order chi connectivity index (χ1) is 16.3. The molecule has 1 atom stereocenters. The highest BCUT2D eigenvalue weighted by molar-refractivity contribution is 7.99. The van der Waals surface area contributed by atoms with Crippen LogP contribution in [0.25, 0.3) is 0 Å². The summed E-state index contributed by atoms with van der Waals surface area (Å²) in [5, 5.41) is 9.85. The summed E-state index contributed by atoms with van der Waals surface area (Å²) in [6.07, 6.45) is 3.93. The molecule has 1 amide bonds. The molecule has 1 fully saturated rings. The van der Waals surface area contributed by atoms with Gasteiger partial charge in [-0.25, -0.2) is 18.4 Å². The van der Waals surface area contributed by atoms with Crippen LogP contribution in [-0.4, -0.2) is 54.9 Å². The van der Waals surface area contributed by atoms with E-state index in [4.69, 9.17) is 23.2 Å². The van der Waals surface area contributed by atoms with E-state index < -0.39 is 15.9 Å². The Morgan fingerprint density at radius 1 is 1.24 bits per heavy atom. The van der Waals surface area contributed by atoms with E-state index in [1.54, 1.807) is 6.92 Å². The van der Waals surface area contributed by atoms with E-state index in [-0.39, 0.29) is 33.1 Å². The van der Waals surface area contributed by atoms with Crippen molar-refractivity contribution in [2.24, 2.45) is 0 Å². The number of nitrogens with zero attached hydrogens (tertiary/aromatic N) is 2. The fourth-order valence-electron chi connectivity index (χ4n) is 3.93. The van der Waals surface area contributed by atoms with Gasteiger partial charge in [0.1, 0.15) is 12.1 Å². The summed E-state index contributed by atoms with van der Waals surface area (Å²) in [6, 6.07) is 3.29. The van der Waals surface area contributed by atoms with Gasteiger partial charge in [0.25, 0.3) is 0 Å². The van der Waals surface area contributed by atoms with Crippen LogP contribution in [0, 0.1) is 0 Å². The summed E-state index contributed by atoms with van der Waals surface area (Å²) >= 11 is 14.3. The largest absolute Gasteiger partial charge is 0.366 e. The zero-order chi connectivity index (χ0) is 24.3. The maximum atomic E-state index is 13.2. The molecular formula is C21H26Cl2N6O3S2. The Bertz CT molecular complexity index is 1180. The average Bonchev–Trinajstić information content (AvgIpc) is 3.24. The smallest absolute Gasteiger partial charge is 0.234 e. The number of benzene rings is 1. The lowest BCUT2D eigenvalue weighted by Gasteiger charge is -2.24. The molecule has 4 rings (SSSR count). The van der Waals surface area contributed by atoms with Crippen molar-refractivity contribution in [3.8, 4) is 0 Å². The van der Waals surface area contributed by atoms with Crippen molar-refractivity contribution in [3.05, 3.63) is 34.2 Å². The van der Waals surface area contributed by atoms with E-state index in [0.29, 0.717) is 23.9 Å². The van der Waals surface area contributed by atoms with Gasteiger partial charge in [-0.15, -0.1) is 11.8 Å².